The van der Waals surface area contributed by atoms with E-state index < -0.39 is 0 Å². The number of carbonyl (C=O) groups excluding carboxylic acids is 1. The van der Waals surface area contributed by atoms with Crippen molar-refractivity contribution in [3.05, 3.63) is 297 Å². The minimum atomic E-state index is -0.244. The molecule has 0 amide bonds. The van der Waals surface area contributed by atoms with Gasteiger partial charge in [0.1, 0.15) is 17.5 Å². The molecule has 1 aromatic heterocycles. The van der Waals surface area contributed by atoms with Gasteiger partial charge in [0.25, 0.3) is 0 Å². The van der Waals surface area contributed by atoms with Crippen molar-refractivity contribution in [1.82, 2.24) is 29.7 Å². The van der Waals surface area contributed by atoms with Gasteiger partial charge in [-0.15, -0.1) is 0 Å². The first-order valence-electron chi connectivity index (χ1n) is 27.6. The molecular weight excluding hydrogens is 985 g/mol. The van der Waals surface area contributed by atoms with Crippen LogP contribution in [0.2, 0.25) is 0 Å². The van der Waals surface area contributed by atoms with Crippen LogP contribution in [0.5, 0.6) is 0 Å². The third-order valence-corrected chi connectivity index (χ3v) is 15.7. The molecule has 1 atom stereocenters. The number of fused-ring (bicyclic) bond motifs is 11. The fourth-order valence-electron chi connectivity index (χ4n) is 11.7. The molecule has 1 aliphatic carbocycles. The van der Waals surface area contributed by atoms with E-state index in [4.69, 9.17) is 24.7 Å². The number of H-pyrrole nitrogens is 2. The highest BCUT2D eigenvalue weighted by Crippen LogP contribution is 2.44. The van der Waals surface area contributed by atoms with Crippen LogP contribution in [-0.2, 0) is 22.4 Å². The van der Waals surface area contributed by atoms with Crippen molar-refractivity contribution in [2.45, 2.75) is 44.6 Å². The number of esters is 1. The second-order valence-corrected chi connectivity index (χ2v) is 21.0. The Morgan fingerprint density at radius 3 is 1.60 bits per heavy atom. The lowest BCUT2D eigenvalue weighted by Crippen LogP contribution is -2.21. The maximum Gasteiger partial charge on any atom is 0.306 e. The van der Waals surface area contributed by atoms with Crippen molar-refractivity contribution in [3.8, 4) is 11.4 Å². The number of nitrogens with one attached hydrogen (secondary N) is 2. The van der Waals surface area contributed by atoms with Gasteiger partial charge in [-0.1, -0.05) is 128 Å². The summed E-state index contributed by atoms with van der Waals surface area (Å²) in [5.41, 5.74) is 20.2. The Kier molecular flexibility index (Phi) is 12.6. The molecule has 0 fully saturated rings. The van der Waals surface area contributed by atoms with Crippen LogP contribution in [0.25, 0.3) is 44.7 Å². The molecule has 8 heterocycles. The monoisotopic (exact) mass is 1040 g/mol. The van der Waals surface area contributed by atoms with Crippen LogP contribution in [0.15, 0.2) is 252 Å². The quantitative estimate of drug-likeness (QED) is 0.0985. The smallest absolute Gasteiger partial charge is 0.306 e. The van der Waals surface area contributed by atoms with Gasteiger partial charge in [0, 0.05) is 90.6 Å². The molecule has 8 aliphatic rings. The van der Waals surface area contributed by atoms with Crippen LogP contribution in [-0.4, -0.2) is 66.8 Å². The van der Waals surface area contributed by atoms with E-state index in [9.17, 15) is 4.79 Å². The van der Waals surface area contributed by atoms with Crippen molar-refractivity contribution in [3.63, 3.8) is 0 Å². The predicted molar refractivity (Wildman–Crippen MR) is 320 cm³/mol. The van der Waals surface area contributed by atoms with Crippen molar-refractivity contribution >= 4 is 50.7 Å². The summed E-state index contributed by atoms with van der Waals surface area (Å²) in [6, 6.07) is 50.4. The van der Waals surface area contributed by atoms with E-state index in [1.165, 1.54) is 11.1 Å². The second kappa shape index (κ2) is 20.8. The van der Waals surface area contributed by atoms with Crippen LogP contribution < -0.4 is 10.7 Å². The van der Waals surface area contributed by atoms with E-state index in [1.54, 1.807) is 0 Å². The third kappa shape index (κ3) is 9.34. The summed E-state index contributed by atoms with van der Waals surface area (Å²) in [6.45, 7) is 0.900. The molecule has 10 nitrogen and oxygen atoms in total. The Morgan fingerprint density at radius 1 is 0.525 bits per heavy atom. The molecule has 8 bridgehead atoms. The van der Waals surface area contributed by atoms with E-state index in [0.29, 0.717) is 25.0 Å². The first-order valence-corrected chi connectivity index (χ1v) is 27.6. The number of unbranched alkanes of at least 4 members (excludes halogenated alkanes) is 2. The minimum absolute atomic E-state index is 0.142. The number of allylic oxidation sites excluding steroid dienone is 10. The van der Waals surface area contributed by atoms with Gasteiger partial charge in [0.05, 0.1) is 45.2 Å². The van der Waals surface area contributed by atoms with Crippen LogP contribution in [0.4, 0.5) is 0 Å². The lowest BCUT2D eigenvalue weighted by atomic mass is 9.97. The fourth-order valence-corrected chi connectivity index (χ4v) is 11.7. The molecule has 0 saturated heterocycles. The molecule has 0 radical (unpaired) electrons. The maximum absolute atomic E-state index is 13.4. The van der Waals surface area contributed by atoms with Crippen LogP contribution in [0.3, 0.4) is 0 Å². The Hall–Kier alpha value is -9.93. The third-order valence-electron chi connectivity index (χ3n) is 15.7. The summed E-state index contributed by atoms with van der Waals surface area (Å²) in [6.07, 6.45) is 29.6. The highest BCUT2D eigenvalue weighted by atomic mass is 16.5. The number of ether oxygens (including phenoxy) is 1. The Labute approximate surface area is 464 Å². The fraction of sp³-hybridized carbons (Fsp3) is 0.129. The first kappa shape index (κ1) is 48.4. The lowest BCUT2D eigenvalue weighted by Gasteiger charge is -2.20. The molecule has 0 saturated carbocycles. The Morgan fingerprint density at radius 2 is 1.04 bits per heavy atom. The van der Waals surface area contributed by atoms with E-state index >= 15 is 0 Å². The zero-order valence-electron chi connectivity index (χ0n) is 44.3. The number of nitrogens with zero attached hydrogens (tertiary/aromatic N) is 6. The highest BCUT2D eigenvalue weighted by Gasteiger charge is 2.33. The first-order chi connectivity index (χ1) is 39.4. The molecular formula is C70H56N8O2. The van der Waals surface area contributed by atoms with Gasteiger partial charge in [0.15, 0.2) is 0 Å². The summed E-state index contributed by atoms with van der Waals surface area (Å²) in [5, 5.41) is 1.88. The zero-order chi connectivity index (χ0) is 53.5. The molecule has 80 heavy (non-hydrogen) atoms. The van der Waals surface area contributed by atoms with Gasteiger partial charge in [0.2, 0.25) is 0 Å². The van der Waals surface area contributed by atoms with E-state index in [0.717, 1.165) is 143 Å². The molecule has 6 aromatic rings. The second-order valence-electron chi connectivity index (χ2n) is 21.0. The number of hydrogen-bond acceptors (Lipinski definition) is 8. The summed E-state index contributed by atoms with van der Waals surface area (Å²) in [4.78, 5) is 47.9. The van der Waals surface area contributed by atoms with Crippen molar-refractivity contribution in [1.29, 1.82) is 0 Å². The van der Waals surface area contributed by atoms with Crippen molar-refractivity contribution in [2.75, 3.05) is 13.6 Å². The van der Waals surface area contributed by atoms with Gasteiger partial charge >= 0.3 is 5.97 Å². The molecule has 10 heteroatoms. The molecule has 7 aliphatic heterocycles. The summed E-state index contributed by atoms with van der Waals surface area (Å²) in [5.74, 6) is -0.142. The standard InChI is InChI=1S/C70H56N8O2/c1-77-37-32-45(33-38-77)46-34-39-78(40-35-46)36-16-6-15-25-62(79)80-53-41-51-43-60-61(44-52(51)42-53)75-70-68-66(50-23-13-5-14-24-50)59-31-29-57(73-59)64(48-19-9-3-10-20-48)55-27-26-54(71-55)63(47-17-7-2-8-18-47)56-28-30-58(72-56)65(49-21-11-4-12-22-49)67(76-68)69(70)74-60/h2-5,7-14,17-24,26-35,37-40,43-44,53,71,74H,6,15-16,25,36,41-42H2,1H3. The van der Waals surface area contributed by atoms with Crippen molar-refractivity contribution < 1.29 is 9.53 Å². The van der Waals surface area contributed by atoms with E-state index in [-0.39, 0.29) is 12.1 Å². The zero-order valence-corrected chi connectivity index (χ0v) is 44.3. The average molecular weight is 1040 g/mol. The van der Waals surface area contributed by atoms with Crippen LogP contribution in [0, 0.1) is 0 Å². The average Bonchev–Trinajstić information content (AvgIpc) is 4.49. The summed E-state index contributed by atoms with van der Waals surface area (Å²) >= 11 is 0. The number of aliphatic imine (C=N–C) groups is 2. The number of rotatable bonds is 11. The number of aromatic amines is 2. The number of aromatic nitrogens is 4. The van der Waals surface area contributed by atoms with Gasteiger partial charge in [-0.2, -0.15) is 0 Å². The van der Waals surface area contributed by atoms with Gasteiger partial charge in [-0.25, -0.2) is 20.0 Å². The van der Waals surface area contributed by atoms with Gasteiger partial charge in [-0.3, -0.25) is 4.79 Å². The van der Waals surface area contributed by atoms with Crippen LogP contribution >= 0.6 is 0 Å². The van der Waals surface area contributed by atoms with Crippen molar-refractivity contribution in [2.24, 2.45) is 9.98 Å². The van der Waals surface area contributed by atoms with Crippen LogP contribution in [0.1, 0.15) is 70.5 Å². The molecule has 5 aromatic carbocycles. The lowest BCUT2D eigenvalue weighted by molar-refractivity contribution is -0.148. The number of carbonyl (C=O) groups is 1. The number of hydrogen-bond donors (Lipinski definition) is 2. The predicted octanol–water partition coefficient (Wildman–Crippen LogP) is 12.2. The summed E-state index contributed by atoms with van der Waals surface area (Å²) in [7, 11) is 2.03. The van der Waals surface area contributed by atoms with E-state index in [1.807, 2.05) is 36.2 Å². The molecule has 2 N–H and O–H groups in total. The van der Waals surface area contributed by atoms with Gasteiger partial charge < -0.3 is 24.5 Å². The molecule has 14 rings (SSSR count). The normalized spacial score (nSPS) is 17.2. The van der Waals surface area contributed by atoms with Gasteiger partial charge in [-0.05, 0) is 130 Å². The minimum Gasteiger partial charge on any atom is -0.462 e. The summed E-state index contributed by atoms with van der Waals surface area (Å²) < 4.78 is 6.21. The maximum atomic E-state index is 13.4. The topological polar surface area (TPSA) is 115 Å². The SMILES string of the molecule is CN1C=CC(=C2C=CN(CCCCCC(=O)OC3Cc4cc5nc6c7nc(c-6[nH]c5cc4C3)C(c3ccccc3)=C3C=CC(=N3)C(c3ccccc3)=c3ccc([nH]3)=C(c3ccccc3)C3=NC(=C7c4ccccc4)C=C3)C=C2)C=C1. The number of benzene rings is 5. The molecule has 0 spiro atoms. The largest absolute Gasteiger partial charge is 0.462 e. The molecule has 388 valence electrons. The highest BCUT2D eigenvalue weighted by molar-refractivity contribution is 6.31. The molecule has 1 unspecified atom stereocenters. The Bertz CT molecular complexity index is 4000. The Balaban J connectivity index is 0.838. The van der Waals surface area contributed by atoms with E-state index in [2.05, 4.69) is 210 Å².